The molecule has 0 radical (unpaired) electrons. The Morgan fingerprint density at radius 2 is 1.76 bits per heavy atom. The summed E-state index contributed by atoms with van der Waals surface area (Å²) >= 11 is 0. The van der Waals surface area contributed by atoms with E-state index in [0.717, 1.165) is 5.56 Å². The monoisotopic (exact) mass is 397 g/mol. The lowest BCUT2D eigenvalue weighted by Crippen LogP contribution is -2.37. The predicted octanol–water partition coefficient (Wildman–Crippen LogP) is 3.23. The van der Waals surface area contributed by atoms with Gasteiger partial charge in [-0.2, -0.15) is 4.98 Å². The van der Waals surface area contributed by atoms with E-state index in [1.54, 1.807) is 32.4 Å². The van der Waals surface area contributed by atoms with Gasteiger partial charge in [0.1, 0.15) is 17.2 Å². The molecule has 2 aromatic carbocycles. The number of carbonyl (C=O) groups is 1. The van der Waals surface area contributed by atoms with Crippen molar-refractivity contribution in [2.45, 2.75) is 26.0 Å². The molecule has 0 unspecified atom stereocenters. The topological polar surface area (TPSA) is 95.7 Å². The van der Waals surface area contributed by atoms with Crippen LogP contribution in [0.2, 0.25) is 0 Å². The molecule has 1 atom stereocenters. The molecule has 0 spiro atoms. The molecule has 0 aliphatic rings. The average molecular weight is 397 g/mol. The molecule has 1 amide bonds. The molecule has 3 rings (SSSR count). The number of methoxy groups -OCH3 is 2. The number of hydrogen-bond donors (Lipinski definition) is 1. The highest BCUT2D eigenvalue weighted by Crippen LogP contribution is 2.22. The summed E-state index contributed by atoms with van der Waals surface area (Å²) < 4.78 is 21.4. The molecule has 1 N–H and O–H groups in total. The minimum Gasteiger partial charge on any atom is -0.497 e. The van der Waals surface area contributed by atoms with Gasteiger partial charge in [0.05, 0.1) is 20.8 Å². The highest BCUT2D eigenvalue weighted by Gasteiger charge is 2.19. The lowest BCUT2D eigenvalue weighted by atomic mass is 10.2. The molecule has 1 aromatic heterocycles. The first-order valence-corrected chi connectivity index (χ1v) is 9.18. The highest BCUT2D eigenvalue weighted by atomic mass is 16.5. The summed E-state index contributed by atoms with van der Waals surface area (Å²) in [7, 11) is 3.17. The van der Waals surface area contributed by atoms with Crippen LogP contribution < -0.4 is 19.5 Å². The number of hydrogen-bond acceptors (Lipinski definition) is 7. The summed E-state index contributed by atoms with van der Waals surface area (Å²) in [5.41, 5.74) is 0.762. The second-order valence-corrected chi connectivity index (χ2v) is 6.16. The lowest BCUT2D eigenvalue weighted by Gasteiger charge is -2.17. The van der Waals surface area contributed by atoms with Crippen molar-refractivity contribution in [2.24, 2.45) is 0 Å². The van der Waals surface area contributed by atoms with Crippen LogP contribution in [0, 0.1) is 0 Å². The summed E-state index contributed by atoms with van der Waals surface area (Å²) in [4.78, 5) is 16.8. The van der Waals surface area contributed by atoms with Crippen LogP contribution in [0.4, 0.5) is 0 Å². The van der Waals surface area contributed by atoms with Gasteiger partial charge in [-0.05, 0) is 30.7 Å². The van der Waals surface area contributed by atoms with Gasteiger partial charge in [-0.15, -0.1) is 0 Å². The first-order chi connectivity index (χ1) is 14.1. The third-order valence-corrected chi connectivity index (χ3v) is 4.19. The van der Waals surface area contributed by atoms with Gasteiger partial charge in [0.2, 0.25) is 11.7 Å². The van der Waals surface area contributed by atoms with Crippen molar-refractivity contribution >= 4 is 5.91 Å². The smallest absolute Gasteiger partial charge is 0.261 e. The maximum absolute atomic E-state index is 12.5. The van der Waals surface area contributed by atoms with Crippen LogP contribution in [0.25, 0.3) is 11.4 Å². The minimum atomic E-state index is -0.650. The molecule has 0 aliphatic heterocycles. The van der Waals surface area contributed by atoms with Crippen LogP contribution in [-0.4, -0.2) is 36.4 Å². The van der Waals surface area contributed by atoms with Crippen LogP contribution in [0.1, 0.15) is 19.2 Å². The molecule has 0 saturated heterocycles. The summed E-state index contributed by atoms with van der Waals surface area (Å²) in [5, 5.41) is 6.72. The molecule has 0 aliphatic carbocycles. The SMILES string of the molecule is CC[C@@H](Oc1cccc(OC)c1)C(=O)NCc1nc(-c2cccc(OC)c2)no1. The first-order valence-electron chi connectivity index (χ1n) is 9.18. The van der Waals surface area contributed by atoms with Gasteiger partial charge in [-0.25, -0.2) is 0 Å². The average Bonchev–Trinajstić information content (AvgIpc) is 3.25. The van der Waals surface area contributed by atoms with Gasteiger partial charge in [0, 0.05) is 11.6 Å². The van der Waals surface area contributed by atoms with E-state index in [1.165, 1.54) is 0 Å². The fraction of sp³-hybridized carbons (Fsp3) is 0.286. The second-order valence-electron chi connectivity index (χ2n) is 6.16. The Morgan fingerprint density at radius 3 is 2.48 bits per heavy atom. The van der Waals surface area contributed by atoms with E-state index < -0.39 is 6.10 Å². The van der Waals surface area contributed by atoms with Crippen molar-refractivity contribution in [2.75, 3.05) is 14.2 Å². The van der Waals surface area contributed by atoms with Crippen LogP contribution in [-0.2, 0) is 11.3 Å². The van der Waals surface area contributed by atoms with Crippen LogP contribution in [0.15, 0.2) is 53.1 Å². The maximum atomic E-state index is 12.5. The van der Waals surface area contributed by atoms with Crippen molar-refractivity contribution in [1.29, 1.82) is 0 Å². The Labute approximate surface area is 168 Å². The fourth-order valence-electron chi connectivity index (χ4n) is 2.64. The Kier molecular flexibility index (Phi) is 6.67. The van der Waals surface area contributed by atoms with Gasteiger partial charge in [-0.1, -0.05) is 30.3 Å². The van der Waals surface area contributed by atoms with Crippen LogP contribution >= 0.6 is 0 Å². The Balaban J connectivity index is 1.59. The van der Waals surface area contributed by atoms with Gasteiger partial charge in [0.15, 0.2) is 6.10 Å². The Morgan fingerprint density at radius 1 is 1.07 bits per heavy atom. The zero-order valence-electron chi connectivity index (χ0n) is 16.5. The van der Waals surface area contributed by atoms with Crippen molar-refractivity contribution < 1.29 is 23.5 Å². The summed E-state index contributed by atoms with van der Waals surface area (Å²) in [6.45, 7) is 1.98. The molecular formula is C21H23N3O5. The van der Waals surface area contributed by atoms with Crippen LogP contribution in [0.3, 0.4) is 0 Å². The highest BCUT2D eigenvalue weighted by molar-refractivity contribution is 5.81. The number of ether oxygens (including phenoxy) is 3. The molecule has 152 valence electrons. The first kappa shape index (κ1) is 20.2. The molecule has 0 saturated carbocycles. The largest absolute Gasteiger partial charge is 0.497 e. The number of benzene rings is 2. The van der Waals surface area contributed by atoms with Gasteiger partial charge in [0.25, 0.3) is 5.91 Å². The van der Waals surface area contributed by atoms with Crippen molar-refractivity contribution in [3.05, 3.63) is 54.4 Å². The number of rotatable bonds is 9. The van der Waals surface area contributed by atoms with E-state index in [0.29, 0.717) is 35.4 Å². The quantitative estimate of drug-likeness (QED) is 0.592. The van der Waals surface area contributed by atoms with E-state index >= 15 is 0 Å². The zero-order valence-corrected chi connectivity index (χ0v) is 16.5. The number of carbonyl (C=O) groups excluding carboxylic acids is 1. The number of amides is 1. The fourth-order valence-corrected chi connectivity index (χ4v) is 2.64. The van der Waals surface area contributed by atoms with Crippen LogP contribution in [0.5, 0.6) is 17.2 Å². The molecule has 1 heterocycles. The van der Waals surface area contributed by atoms with Crippen molar-refractivity contribution in [3.63, 3.8) is 0 Å². The Bertz CT molecular complexity index is 957. The third-order valence-electron chi connectivity index (χ3n) is 4.19. The van der Waals surface area contributed by atoms with E-state index in [9.17, 15) is 4.79 Å². The molecule has 0 fully saturated rings. The van der Waals surface area contributed by atoms with Crippen molar-refractivity contribution in [1.82, 2.24) is 15.5 Å². The molecular weight excluding hydrogens is 374 g/mol. The lowest BCUT2D eigenvalue weighted by molar-refractivity contribution is -0.128. The molecule has 3 aromatic rings. The van der Waals surface area contributed by atoms with Gasteiger partial charge < -0.3 is 24.1 Å². The van der Waals surface area contributed by atoms with E-state index in [4.69, 9.17) is 18.7 Å². The summed E-state index contributed by atoms with van der Waals surface area (Å²) in [6.07, 6.45) is -0.148. The summed E-state index contributed by atoms with van der Waals surface area (Å²) in [6, 6.07) is 14.4. The zero-order chi connectivity index (χ0) is 20.6. The molecule has 8 heteroatoms. The molecule has 29 heavy (non-hydrogen) atoms. The van der Waals surface area contributed by atoms with Crippen molar-refractivity contribution in [3.8, 4) is 28.6 Å². The summed E-state index contributed by atoms with van der Waals surface area (Å²) in [5.74, 6) is 2.37. The molecule has 0 bridgehead atoms. The van der Waals surface area contributed by atoms with E-state index in [2.05, 4.69) is 15.5 Å². The predicted molar refractivity (Wildman–Crippen MR) is 106 cm³/mol. The minimum absolute atomic E-state index is 0.105. The standard InChI is InChI=1S/C21H23N3O5/c1-4-18(28-17-10-6-9-16(12-17)27-3)21(25)22-13-19-23-20(24-29-19)14-7-5-8-15(11-14)26-2/h5-12,18H,4,13H2,1-3H3,(H,22,25)/t18-/m1/s1. The number of nitrogens with zero attached hydrogens (tertiary/aromatic N) is 2. The Hall–Kier alpha value is -3.55. The number of nitrogens with one attached hydrogen (secondary N) is 1. The van der Waals surface area contributed by atoms with Gasteiger partial charge >= 0.3 is 0 Å². The maximum Gasteiger partial charge on any atom is 0.261 e. The van der Waals surface area contributed by atoms with Gasteiger partial charge in [-0.3, -0.25) is 4.79 Å². The van der Waals surface area contributed by atoms with E-state index in [-0.39, 0.29) is 12.5 Å². The molecule has 8 nitrogen and oxygen atoms in total. The van der Waals surface area contributed by atoms with E-state index in [1.807, 2.05) is 37.3 Å². The third kappa shape index (κ3) is 5.25. The number of aromatic nitrogens is 2. The normalized spacial score (nSPS) is 11.6. The second kappa shape index (κ2) is 9.59.